The summed E-state index contributed by atoms with van der Waals surface area (Å²) in [7, 11) is 0. The minimum Gasteiger partial charge on any atom is -0.444 e. The largest absolute Gasteiger partial charge is 0.444 e. The van der Waals surface area contributed by atoms with Crippen LogP contribution in [0.5, 0.6) is 0 Å². The van der Waals surface area contributed by atoms with Crippen molar-refractivity contribution in [1.82, 2.24) is 19.8 Å². The Kier molecular flexibility index (Phi) is 5.31. The van der Waals surface area contributed by atoms with Crippen molar-refractivity contribution in [2.75, 3.05) is 13.1 Å². The van der Waals surface area contributed by atoms with Gasteiger partial charge in [-0.1, -0.05) is 0 Å². The smallest absolute Gasteiger partial charge is 0.410 e. The molecule has 1 saturated heterocycles. The van der Waals surface area contributed by atoms with Gasteiger partial charge in [-0.2, -0.15) is 8.78 Å². The molecule has 2 heterocycles. The number of ether oxygens (including phenoxy) is 1. The van der Waals surface area contributed by atoms with Crippen LogP contribution < -0.4 is 5.32 Å². The number of nitrogens with zero attached hydrogens (tertiary/aromatic N) is 3. The van der Waals surface area contributed by atoms with Crippen LogP contribution in [0.3, 0.4) is 0 Å². The fourth-order valence-electron chi connectivity index (χ4n) is 2.50. The Morgan fingerprint density at radius 1 is 1.40 bits per heavy atom. The van der Waals surface area contributed by atoms with E-state index in [1.54, 1.807) is 20.8 Å². The second-order valence-electron chi connectivity index (χ2n) is 6.82. The second kappa shape index (κ2) is 6.95. The van der Waals surface area contributed by atoms with Crippen molar-refractivity contribution >= 4 is 12.0 Å². The lowest BCUT2D eigenvalue weighted by Gasteiger charge is -2.39. The number of aliphatic hydroxyl groups is 1. The van der Waals surface area contributed by atoms with Crippen LogP contribution in [0.2, 0.25) is 0 Å². The minimum atomic E-state index is -3.00. The van der Waals surface area contributed by atoms with Gasteiger partial charge in [-0.25, -0.2) is 9.78 Å². The molecular weight excluding hydrogens is 338 g/mol. The monoisotopic (exact) mass is 360 g/mol. The molecule has 1 aliphatic rings. The summed E-state index contributed by atoms with van der Waals surface area (Å²) < 4.78 is 32.0. The first-order valence-electron chi connectivity index (χ1n) is 7.79. The standard InChI is InChI=1S/C15H22F2N4O4/c1-8-11(21(13(16)17)10(7-22)18-8)12(23)19-9-5-20(6-9)14(24)25-15(2,3)4/h9,13,22H,5-7H2,1-4H3,(H,19,23). The van der Waals surface area contributed by atoms with Gasteiger partial charge in [-0.3, -0.25) is 9.36 Å². The van der Waals surface area contributed by atoms with Crippen LogP contribution in [0.15, 0.2) is 0 Å². The second-order valence-corrected chi connectivity index (χ2v) is 6.82. The van der Waals surface area contributed by atoms with Gasteiger partial charge in [0.15, 0.2) is 0 Å². The molecule has 8 nitrogen and oxygen atoms in total. The number of halogens is 2. The van der Waals surface area contributed by atoms with E-state index in [4.69, 9.17) is 9.84 Å². The summed E-state index contributed by atoms with van der Waals surface area (Å²) in [6.07, 6.45) is -0.491. The van der Waals surface area contributed by atoms with E-state index in [9.17, 15) is 18.4 Å². The lowest BCUT2D eigenvalue weighted by Crippen LogP contribution is -2.61. The zero-order valence-corrected chi connectivity index (χ0v) is 14.5. The van der Waals surface area contributed by atoms with Crippen LogP contribution in [-0.4, -0.2) is 56.3 Å². The van der Waals surface area contributed by atoms with Gasteiger partial charge in [0.2, 0.25) is 0 Å². The van der Waals surface area contributed by atoms with Gasteiger partial charge in [-0.15, -0.1) is 0 Å². The number of carbonyl (C=O) groups is 2. The number of hydrogen-bond acceptors (Lipinski definition) is 5. The number of aliphatic hydroxyl groups excluding tert-OH is 1. The Hall–Kier alpha value is -2.23. The molecule has 0 aliphatic carbocycles. The maximum absolute atomic E-state index is 13.2. The molecule has 0 spiro atoms. The molecular formula is C15H22F2N4O4. The zero-order chi connectivity index (χ0) is 18.9. The van der Waals surface area contributed by atoms with E-state index in [0.717, 1.165) is 0 Å². The number of rotatable bonds is 4. The van der Waals surface area contributed by atoms with Gasteiger partial charge in [0.05, 0.1) is 11.7 Å². The zero-order valence-electron chi connectivity index (χ0n) is 14.5. The molecule has 1 aromatic heterocycles. The maximum atomic E-state index is 13.2. The Morgan fingerprint density at radius 2 is 2.00 bits per heavy atom. The Labute approximate surface area is 143 Å². The van der Waals surface area contributed by atoms with Crippen molar-refractivity contribution in [2.24, 2.45) is 0 Å². The number of hydrogen-bond donors (Lipinski definition) is 2. The van der Waals surface area contributed by atoms with Crippen molar-refractivity contribution in [3.05, 3.63) is 17.2 Å². The van der Waals surface area contributed by atoms with Crippen molar-refractivity contribution < 1.29 is 28.2 Å². The van der Waals surface area contributed by atoms with E-state index in [1.807, 2.05) is 0 Å². The summed E-state index contributed by atoms with van der Waals surface area (Å²) in [5.41, 5.74) is -0.813. The summed E-state index contributed by atoms with van der Waals surface area (Å²) in [6.45, 7) is 3.42. The number of carbonyl (C=O) groups excluding carboxylic acids is 2. The highest BCUT2D eigenvalue weighted by Gasteiger charge is 2.36. The molecule has 25 heavy (non-hydrogen) atoms. The minimum absolute atomic E-state index is 0.102. The van der Waals surface area contributed by atoms with Gasteiger partial charge in [0.1, 0.15) is 23.7 Å². The third-order valence-corrected chi connectivity index (χ3v) is 3.58. The molecule has 0 unspecified atom stereocenters. The van der Waals surface area contributed by atoms with Crippen LogP contribution in [0.4, 0.5) is 13.6 Å². The Bertz CT molecular complexity index is 663. The van der Waals surface area contributed by atoms with Gasteiger partial charge in [0.25, 0.3) is 5.91 Å². The molecule has 0 radical (unpaired) electrons. The fraction of sp³-hybridized carbons (Fsp3) is 0.667. The highest BCUT2D eigenvalue weighted by atomic mass is 19.3. The van der Waals surface area contributed by atoms with Gasteiger partial charge >= 0.3 is 12.6 Å². The van der Waals surface area contributed by atoms with Crippen molar-refractivity contribution in [2.45, 2.75) is 52.5 Å². The van der Waals surface area contributed by atoms with E-state index >= 15 is 0 Å². The molecule has 1 aliphatic heterocycles. The van der Waals surface area contributed by atoms with Crippen LogP contribution in [-0.2, 0) is 11.3 Å². The normalized spacial score (nSPS) is 15.3. The van der Waals surface area contributed by atoms with E-state index in [0.29, 0.717) is 4.57 Å². The number of nitrogens with one attached hydrogen (secondary N) is 1. The molecule has 0 bridgehead atoms. The molecule has 1 fully saturated rings. The lowest BCUT2D eigenvalue weighted by molar-refractivity contribution is 0.00516. The number of likely N-dealkylation sites (tertiary alicyclic amines) is 1. The number of aromatic nitrogens is 2. The van der Waals surface area contributed by atoms with E-state index in [2.05, 4.69) is 10.3 Å². The van der Waals surface area contributed by atoms with Gasteiger partial charge in [-0.05, 0) is 27.7 Å². The first-order valence-corrected chi connectivity index (χ1v) is 7.79. The summed E-state index contributed by atoms with van der Waals surface area (Å²) in [4.78, 5) is 29.3. The van der Waals surface area contributed by atoms with Crippen molar-refractivity contribution in [3.63, 3.8) is 0 Å². The summed E-state index contributed by atoms with van der Waals surface area (Å²) in [5, 5.41) is 11.7. The van der Waals surface area contributed by atoms with Crippen molar-refractivity contribution in [3.8, 4) is 0 Å². The third kappa shape index (κ3) is 4.25. The molecule has 2 N–H and O–H groups in total. The molecule has 0 atom stereocenters. The van der Waals surface area contributed by atoms with E-state index in [-0.39, 0.29) is 36.3 Å². The van der Waals surface area contributed by atoms with E-state index < -0.39 is 30.8 Å². The summed E-state index contributed by atoms with van der Waals surface area (Å²) in [5.74, 6) is -1.000. The quantitative estimate of drug-likeness (QED) is 0.847. The molecule has 0 saturated carbocycles. The highest BCUT2D eigenvalue weighted by Crippen LogP contribution is 2.21. The van der Waals surface area contributed by atoms with Crippen LogP contribution in [0, 0.1) is 6.92 Å². The first kappa shape index (κ1) is 19.1. The Morgan fingerprint density at radius 3 is 2.48 bits per heavy atom. The predicted octanol–water partition coefficient (Wildman–Crippen LogP) is 1.43. The average Bonchev–Trinajstić information content (AvgIpc) is 2.76. The van der Waals surface area contributed by atoms with Crippen molar-refractivity contribution in [1.29, 1.82) is 0 Å². The summed E-state index contributed by atoms with van der Waals surface area (Å²) >= 11 is 0. The average molecular weight is 360 g/mol. The Balaban J connectivity index is 1.99. The number of imidazole rings is 1. The number of alkyl halides is 2. The predicted molar refractivity (Wildman–Crippen MR) is 83.2 cm³/mol. The number of amides is 2. The molecule has 2 rings (SSSR count). The fourth-order valence-corrected chi connectivity index (χ4v) is 2.50. The summed E-state index contributed by atoms with van der Waals surface area (Å²) in [6, 6.07) is -0.363. The molecule has 2 amide bonds. The topological polar surface area (TPSA) is 96.7 Å². The SMILES string of the molecule is Cc1nc(CO)n(C(F)F)c1C(=O)NC1CN(C(=O)OC(C)(C)C)C1. The lowest BCUT2D eigenvalue weighted by atomic mass is 10.1. The molecule has 0 aromatic carbocycles. The molecule has 140 valence electrons. The maximum Gasteiger partial charge on any atom is 0.410 e. The van der Waals surface area contributed by atoms with Gasteiger partial charge in [0, 0.05) is 13.1 Å². The highest BCUT2D eigenvalue weighted by molar-refractivity contribution is 5.94. The number of aryl methyl sites for hydroxylation is 1. The van der Waals surface area contributed by atoms with Crippen LogP contribution in [0.25, 0.3) is 0 Å². The van der Waals surface area contributed by atoms with E-state index in [1.165, 1.54) is 11.8 Å². The molecule has 10 heteroatoms. The van der Waals surface area contributed by atoms with Crippen LogP contribution in [0.1, 0.15) is 49.3 Å². The molecule has 1 aromatic rings. The van der Waals surface area contributed by atoms with Crippen LogP contribution >= 0.6 is 0 Å². The first-order chi connectivity index (χ1) is 11.5. The third-order valence-electron chi connectivity index (χ3n) is 3.58. The van der Waals surface area contributed by atoms with Gasteiger partial charge < -0.3 is 20.1 Å².